The van der Waals surface area contributed by atoms with Gasteiger partial charge >= 0.3 is 0 Å². The normalized spacial score (nSPS) is 22.3. The summed E-state index contributed by atoms with van der Waals surface area (Å²) in [6.45, 7) is 0.832. The van der Waals surface area contributed by atoms with E-state index < -0.39 is 20.6 Å². The Morgan fingerprint density at radius 1 is 0.966 bits per heavy atom. The maximum atomic E-state index is 12.9. The first-order chi connectivity index (χ1) is 13.9. The van der Waals surface area contributed by atoms with Crippen molar-refractivity contribution >= 4 is 21.6 Å². The second-order valence-electron chi connectivity index (χ2n) is 7.31. The highest BCUT2D eigenvalue weighted by molar-refractivity contribution is 7.89. The molecule has 8 nitrogen and oxygen atoms in total. The number of para-hydroxylation sites is 1. The predicted octanol–water partition coefficient (Wildman–Crippen LogP) is 2.23. The molecule has 1 saturated heterocycles. The standard InChI is InChI=1S/C20H21N3O5S/c24-20(17-14-16(17)15-6-2-1-3-7-15)21-10-12-22(13-11-21)29(27,28)19-9-5-4-8-18(19)23(25)26/h1-9,16-17H,10-14H2. The Labute approximate surface area is 168 Å². The summed E-state index contributed by atoms with van der Waals surface area (Å²) in [5.41, 5.74) is 0.721. The van der Waals surface area contributed by atoms with Gasteiger partial charge in [-0.3, -0.25) is 14.9 Å². The number of hydrogen-bond donors (Lipinski definition) is 0. The SMILES string of the molecule is O=C(C1CC1c1ccccc1)N1CCN(S(=O)(=O)c2ccccc2[N+](=O)[O-])CC1. The summed E-state index contributed by atoms with van der Waals surface area (Å²) in [5, 5.41) is 11.2. The zero-order valence-corrected chi connectivity index (χ0v) is 16.5. The van der Waals surface area contributed by atoms with E-state index in [9.17, 15) is 23.3 Å². The topological polar surface area (TPSA) is 101 Å². The molecule has 2 atom stereocenters. The van der Waals surface area contributed by atoms with E-state index in [0.717, 1.165) is 12.0 Å². The van der Waals surface area contributed by atoms with Gasteiger partial charge in [-0.25, -0.2) is 8.42 Å². The van der Waals surface area contributed by atoms with Gasteiger partial charge in [-0.15, -0.1) is 0 Å². The van der Waals surface area contributed by atoms with Crippen LogP contribution in [-0.4, -0.2) is 54.6 Å². The largest absolute Gasteiger partial charge is 0.340 e. The highest BCUT2D eigenvalue weighted by atomic mass is 32.2. The highest BCUT2D eigenvalue weighted by Gasteiger charge is 2.46. The number of benzene rings is 2. The third kappa shape index (κ3) is 3.75. The fourth-order valence-corrected chi connectivity index (χ4v) is 5.46. The lowest BCUT2D eigenvalue weighted by Gasteiger charge is -2.34. The van der Waals surface area contributed by atoms with Crippen LogP contribution in [0.25, 0.3) is 0 Å². The number of amides is 1. The van der Waals surface area contributed by atoms with Crippen LogP contribution in [-0.2, 0) is 14.8 Å². The van der Waals surface area contributed by atoms with E-state index in [2.05, 4.69) is 0 Å². The molecular weight excluding hydrogens is 394 g/mol. The molecule has 4 rings (SSSR count). The monoisotopic (exact) mass is 415 g/mol. The minimum absolute atomic E-state index is 0.0456. The van der Waals surface area contributed by atoms with Crippen molar-refractivity contribution in [1.82, 2.24) is 9.21 Å². The number of carbonyl (C=O) groups excluding carboxylic acids is 1. The fraction of sp³-hybridized carbons (Fsp3) is 0.350. The van der Waals surface area contributed by atoms with Crippen LogP contribution in [0, 0.1) is 16.0 Å². The molecule has 29 heavy (non-hydrogen) atoms. The summed E-state index contributed by atoms with van der Waals surface area (Å²) < 4.78 is 27.0. The van der Waals surface area contributed by atoms with E-state index in [4.69, 9.17) is 0 Å². The molecule has 152 valence electrons. The third-order valence-electron chi connectivity index (χ3n) is 5.57. The molecule has 1 amide bonds. The summed E-state index contributed by atoms with van der Waals surface area (Å²) in [6.07, 6.45) is 0.817. The summed E-state index contributed by atoms with van der Waals surface area (Å²) in [7, 11) is -3.99. The maximum absolute atomic E-state index is 12.9. The fourth-order valence-electron chi connectivity index (χ4n) is 3.89. The van der Waals surface area contributed by atoms with Crippen LogP contribution < -0.4 is 0 Å². The number of piperazine rings is 1. The van der Waals surface area contributed by atoms with Crippen molar-refractivity contribution in [3.05, 3.63) is 70.3 Å². The molecule has 0 bridgehead atoms. The van der Waals surface area contributed by atoms with Crippen molar-refractivity contribution in [2.45, 2.75) is 17.2 Å². The Balaban J connectivity index is 1.41. The third-order valence-corrected chi connectivity index (χ3v) is 7.51. The summed E-state index contributed by atoms with van der Waals surface area (Å²) in [6, 6.07) is 15.2. The number of rotatable bonds is 5. The van der Waals surface area contributed by atoms with E-state index in [-0.39, 0.29) is 48.8 Å². The lowest BCUT2D eigenvalue weighted by atomic mass is 10.1. The van der Waals surface area contributed by atoms with Crippen LogP contribution in [0.4, 0.5) is 5.69 Å². The molecule has 0 spiro atoms. The predicted molar refractivity (Wildman–Crippen MR) is 106 cm³/mol. The Morgan fingerprint density at radius 3 is 2.24 bits per heavy atom. The second-order valence-corrected chi connectivity index (χ2v) is 9.22. The van der Waals surface area contributed by atoms with Crippen LogP contribution in [0.2, 0.25) is 0 Å². The van der Waals surface area contributed by atoms with E-state index in [1.54, 1.807) is 4.90 Å². The van der Waals surface area contributed by atoms with Gasteiger partial charge in [-0.2, -0.15) is 4.31 Å². The molecule has 1 saturated carbocycles. The highest BCUT2D eigenvalue weighted by Crippen LogP contribution is 2.48. The maximum Gasteiger partial charge on any atom is 0.289 e. The van der Waals surface area contributed by atoms with Crippen LogP contribution in [0.1, 0.15) is 17.9 Å². The first-order valence-electron chi connectivity index (χ1n) is 9.47. The average Bonchev–Trinajstić information content (AvgIpc) is 3.55. The van der Waals surface area contributed by atoms with Gasteiger partial charge in [0.1, 0.15) is 0 Å². The zero-order valence-electron chi connectivity index (χ0n) is 15.7. The van der Waals surface area contributed by atoms with Crippen LogP contribution in [0.5, 0.6) is 0 Å². The van der Waals surface area contributed by atoms with Gasteiger partial charge in [-0.1, -0.05) is 42.5 Å². The molecule has 1 aliphatic carbocycles. The molecule has 2 aromatic rings. The van der Waals surface area contributed by atoms with Crippen molar-refractivity contribution in [3.8, 4) is 0 Å². The number of sulfonamides is 1. The molecule has 2 aromatic carbocycles. The second kappa shape index (κ2) is 7.57. The van der Waals surface area contributed by atoms with E-state index in [1.807, 2.05) is 30.3 Å². The van der Waals surface area contributed by atoms with Crippen LogP contribution in [0.15, 0.2) is 59.5 Å². The van der Waals surface area contributed by atoms with Gasteiger partial charge in [0, 0.05) is 38.2 Å². The first-order valence-corrected chi connectivity index (χ1v) is 10.9. The minimum Gasteiger partial charge on any atom is -0.340 e. The van der Waals surface area contributed by atoms with Gasteiger partial charge in [0.05, 0.1) is 4.92 Å². The number of carbonyl (C=O) groups is 1. The van der Waals surface area contributed by atoms with Crippen molar-refractivity contribution in [3.63, 3.8) is 0 Å². The molecule has 2 unspecified atom stereocenters. The number of hydrogen-bond acceptors (Lipinski definition) is 5. The van der Waals surface area contributed by atoms with Gasteiger partial charge in [-0.05, 0) is 24.0 Å². The first kappa shape index (κ1) is 19.5. The molecule has 1 aliphatic heterocycles. The van der Waals surface area contributed by atoms with Crippen molar-refractivity contribution < 1.29 is 18.1 Å². The molecular formula is C20H21N3O5S. The average molecular weight is 415 g/mol. The minimum atomic E-state index is -3.99. The van der Waals surface area contributed by atoms with Gasteiger partial charge in [0.25, 0.3) is 5.69 Å². The molecule has 9 heteroatoms. The van der Waals surface area contributed by atoms with Crippen molar-refractivity contribution in [2.75, 3.05) is 26.2 Å². The van der Waals surface area contributed by atoms with Gasteiger partial charge < -0.3 is 4.90 Å². The Kier molecular flexibility index (Phi) is 5.10. The molecule has 2 fully saturated rings. The van der Waals surface area contributed by atoms with Crippen molar-refractivity contribution in [2.24, 2.45) is 5.92 Å². The molecule has 0 radical (unpaired) electrons. The number of nitro groups is 1. The number of nitro benzene ring substituents is 1. The zero-order chi connectivity index (χ0) is 20.6. The number of nitrogens with zero attached hydrogens (tertiary/aromatic N) is 3. The summed E-state index contributed by atoms with van der Waals surface area (Å²) in [4.78, 5) is 24.7. The van der Waals surface area contributed by atoms with E-state index in [1.165, 1.54) is 28.6 Å². The van der Waals surface area contributed by atoms with Gasteiger partial charge in [0.2, 0.25) is 15.9 Å². The smallest absolute Gasteiger partial charge is 0.289 e. The lowest BCUT2D eigenvalue weighted by Crippen LogP contribution is -2.51. The summed E-state index contributed by atoms with van der Waals surface area (Å²) in [5.74, 6) is 0.245. The molecule has 0 aromatic heterocycles. The quantitative estimate of drug-likeness (QED) is 0.551. The van der Waals surface area contributed by atoms with E-state index >= 15 is 0 Å². The van der Waals surface area contributed by atoms with Crippen LogP contribution >= 0.6 is 0 Å². The summed E-state index contributed by atoms with van der Waals surface area (Å²) >= 11 is 0. The van der Waals surface area contributed by atoms with E-state index in [0.29, 0.717) is 0 Å². The Bertz CT molecular complexity index is 1030. The van der Waals surface area contributed by atoms with Crippen molar-refractivity contribution in [1.29, 1.82) is 0 Å². The molecule has 0 N–H and O–H groups in total. The molecule has 1 heterocycles. The van der Waals surface area contributed by atoms with Gasteiger partial charge in [0.15, 0.2) is 4.90 Å². The Hall–Kier alpha value is -2.78. The van der Waals surface area contributed by atoms with Crippen LogP contribution in [0.3, 0.4) is 0 Å². The molecule has 2 aliphatic rings. The lowest BCUT2D eigenvalue weighted by molar-refractivity contribution is -0.387. The Morgan fingerprint density at radius 2 is 1.59 bits per heavy atom.